The Morgan fingerprint density at radius 3 is 2.73 bits per heavy atom. The van der Waals surface area contributed by atoms with Crippen LogP contribution in [0.25, 0.3) is 0 Å². The molecule has 0 amide bonds. The van der Waals surface area contributed by atoms with Crippen molar-refractivity contribution in [3.63, 3.8) is 0 Å². The van der Waals surface area contributed by atoms with Crippen molar-refractivity contribution >= 4 is 0 Å². The normalized spacial score (nSPS) is 14.7. The molecule has 0 fully saturated rings. The Hall–Kier alpha value is -1.02. The molecule has 0 aromatic heterocycles. The first kappa shape index (κ1) is 10.5. The fourth-order valence-corrected chi connectivity index (χ4v) is 2.07. The number of rotatable bonds is 4. The molecule has 0 saturated carbocycles. The summed E-state index contributed by atoms with van der Waals surface area (Å²) < 4.78 is 5.63. The van der Waals surface area contributed by atoms with Crippen molar-refractivity contribution in [2.24, 2.45) is 5.73 Å². The average Bonchev–Trinajstić information content (AvgIpc) is 2.29. The Balaban J connectivity index is 2.00. The van der Waals surface area contributed by atoms with Crippen molar-refractivity contribution in [2.45, 2.75) is 32.1 Å². The molecule has 2 rings (SSSR count). The lowest BCUT2D eigenvalue weighted by Gasteiger charge is -2.16. The summed E-state index contributed by atoms with van der Waals surface area (Å²) in [6, 6.07) is 6.50. The smallest absolute Gasteiger partial charge is 0.119 e. The van der Waals surface area contributed by atoms with Gasteiger partial charge in [0.15, 0.2) is 0 Å². The van der Waals surface area contributed by atoms with Crippen LogP contribution in [0.5, 0.6) is 5.75 Å². The molecule has 2 N–H and O–H groups in total. The first-order valence-corrected chi connectivity index (χ1v) is 5.85. The van der Waals surface area contributed by atoms with Crippen LogP contribution in [0, 0.1) is 0 Å². The molecule has 2 heteroatoms. The number of benzene rings is 1. The van der Waals surface area contributed by atoms with Crippen molar-refractivity contribution in [2.75, 3.05) is 13.2 Å². The zero-order valence-electron chi connectivity index (χ0n) is 9.17. The summed E-state index contributed by atoms with van der Waals surface area (Å²) in [5.74, 6) is 1.00. The monoisotopic (exact) mass is 205 g/mol. The maximum atomic E-state index is 5.63. The Labute approximate surface area is 91.4 Å². The van der Waals surface area contributed by atoms with Gasteiger partial charge in [-0.05, 0) is 61.9 Å². The van der Waals surface area contributed by atoms with E-state index in [2.05, 4.69) is 18.2 Å². The highest BCUT2D eigenvalue weighted by molar-refractivity contribution is 5.37. The number of nitrogens with two attached hydrogens (primary N) is 1. The third kappa shape index (κ3) is 2.72. The minimum Gasteiger partial charge on any atom is -0.494 e. The summed E-state index contributed by atoms with van der Waals surface area (Å²) in [5.41, 5.74) is 8.41. The first-order valence-electron chi connectivity index (χ1n) is 5.85. The lowest BCUT2D eigenvalue weighted by molar-refractivity contribution is 0.313. The highest BCUT2D eigenvalue weighted by atomic mass is 16.5. The Bertz CT molecular complexity index is 322. The second-order valence-corrected chi connectivity index (χ2v) is 4.13. The number of ether oxygens (including phenoxy) is 1. The molecule has 0 spiro atoms. The lowest BCUT2D eigenvalue weighted by atomic mass is 9.92. The second kappa shape index (κ2) is 5.17. The van der Waals surface area contributed by atoms with Gasteiger partial charge in [-0.2, -0.15) is 0 Å². The standard InChI is InChI=1S/C13H19NO/c14-8-3-9-15-13-7-6-11-4-1-2-5-12(11)10-13/h6-7,10H,1-5,8-9,14H2. The third-order valence-corrected chi connectivity index (χ3v) is 2.94. The van der Waals surface area contributed by atoms with Crippen LogP contribution in [-0.4, -0.2) is 13.2 Å². The van der Waals surface area contributed by atoms with E-state index < -0.39 is 0 Å². The molecule has 1 aromatic carbocycles. The Morgan fingerprint density at radius 1 is 1.13 bits per heavy atom. The first-order chi connectivity index (χ1) is 7.40. The lowest BCUT2D eigenvalue weighted by Crippen LogP contribution is -2.07. The maximum absolute atomic E-state index is 5.63. The van der Waals surface area contributed by atoms with Gasteiger partial charge < -0.3 is 10.5 Å². The van der Waals surface area contributed by atoms with Gasteiger partial charge in [-0.3, -0.25) is 0 Å². The van der Waals surface area contributed by atoms with Gasteiger partial charge in [-0.1, -0.05) is 6.07 Å². The van der Waals surface area contributed by atoms with Crippen LogP contribution in [0.2, 0.25) is 0 Å². The van der Waals surface area contributed by atoms with Crippen LogP contribution in [0.4, 0.5) is 0 Å². The summed E-state index contributed by atoms with van der Waals surface area (Å²) in [4.78, 5) is 0. The van der Waals surface area contributed by atoms with E-state index in [9.17, 15) is 0 Å². The van der Waals surface area contributed by atoms with Crippen LogP contribution in [0.3, 0.4) is 0 Å². The summed E-state index contributed by atoms with van der Waals surface area (Å²) >= 11 is 0. The van der Waals surface area contributed by atoms with Crippen LogP contribution in [0.1, 0.15) is 30.4 Å². The van der Waals surface area contributed by atoms with E-state index in [4.69, 9.17) is 10.5 Å². The molecule has 1 aromatic rings. The molecule has 0 radical (unpaired) electrons. The number of hydrogen-bond donors (Lipinski definition) is 1. The molecule has 0 aliphatic heterocycles. The minimum absolute atomic E-state index is 0.699. The maximum Gasteiger partial charge on any atom is 0.119 e. The van der Waals surface area contributed by atoms with Crippen molar-refractivity contribution in [1.29, 1.82) is 0 Å². The van der Waals surface area contributed by atoms with Gasteiger partial charge >= 0.3 is 0 Å². The molecule has 0 atom stereocenters. The molecule has 2 nitrogen and oxygen atoms in total. The Morgan fingerprint density at radius 2 is 1.93 bits per heavy atom. The van der Waals surface area contributed by atoms with Crippen molar-refractivity contribution in [3.05, 3.63) is 29.3 Å². The average molecular weight is 205 g/mol. The van der Waals surface area contributed by atoms with E-state index in [0.29, 0.717) is 6.54 Å². The summed E-state index contributed by atoms with van der Waals surface area (Å²) in [7, 11) is 0. The molecule has 0 bridgehead atoms. The topological polar surface area (TPSA) is 35.2 Å². The van der Waals surface area contributed by atoms with Crippen LogP contribution >= 0.6 is 0 Å². The Kier molecular flexibility index (Phi) is 3.62. The number of hydrogen-bond acceptors (Lipinski definition) is 2. The van der Waals surface area contributed by atoms with Gasteiger partial charge in [-0.25, -0.2) is 0 Å². The van der Waals surface area contributed by atoms with Crippen molar-refractivity contribution < 1.29 is 4.74 Å². The summed E-state index contributed by atoms with van der Waals surface area (Å²) in [6.45, 7) is 1.43. The summed E-state index contributed by atoms with van der Waals surface area (Å²) in [5, 5.41) is 0. The fourth-order valence-electron chi connectivity index (χ4n) is 2.07. The molecule has 82 valence electrons. The zero-order valence-corrected chi connectivity index (χ0v) is 9.17. The molecule has 1 aliphatic carbocycles. The van der Waals surface area contributed by atoms with E-state index in [1.165, 1.54) is 36.8 Å². The molecular weight excluding hydrogens is 186 g/mol. The van der Waals surface area contributed by atoms with E-state index in [0.717, 1.165) is 18.8 Å². The molecule has 0 saturated heterocycles. The minimum atomic E-state index is 0.699. The van der Waals surface area contributed by atoms with Crippen LogP contribution in [0.15, 0.2) is 18.2 Å². The largest absolute Gasteiger partial charge is 0.494 e. The van der Waals surface area contributed by atoms with Gasteiger partial charge in [-0.15, -0.1) is 0 Å². The van der Waals surface area contributed by atoms with E-state index in [-0.39, 0.29) is 0 Å². The molecular formula is C13H19NO. The third-order valence-electron chi connectivity index (χ3n) is 2.94. The zero-order chi connectivity index (χ0) is 10.5. The van der Waals surface area contributed by atoms with E-state index in [1.54, 1.807) is 0 Å². The van der Waals surface area contributed by atoms with Gasteiger partial charge in [0, 0.05) is 0 Å². The van der Waals surface area contributed by atoms with Crippen molar-refractivity contribution in [3.8, 4) is 5.75 Å². The highest BCUT2D eigenvalue weighted by Gasteiger charge is 2.09. The predicted molar refractivity (Wildman–Crippen MR) is 62.3 cm³/mol. The predicted octanol–water partition coefficient (Wildman–Crippen LogP) is 2.29. The molecule has 0 heterocycles. The van der Waals surface area contributed by atoms with Crippen molar-refractivity contribution in [1.82, 2.24) is 0 Å². The number of aryl methyl sites for hydroxylation is 2. The SMILES string of the molecule is NCCCOc1ccc2c(c1)CCCC2. The van der Waals surface area contributed by atoms with E-state index >= 15 is 0 Å². The molecule has 0 unspecified atom stereocenters. The molecule has 15 heavy (non-hydrogen) atoms. The van der Waals surface area contributed by atoms with Crippen LogP contribution < -0.4 is 10.5 Å². The van der Waals surface area contributed by atoms with Gasteiger partial charge in [0.25, 0.3) is 0 Å². The van der Waals surface area contributed by atoms with Crippen LogP contribution in [-0.2, 0) is 12.8 Å². The number of fused-ring (bicyclic) bond motifs is 1. The van der Waals surface area contributed by atoms with Gasteiger partial charge in [0.1, 0.15) is 5.75 Å². The van der Waals surface area contributed by atoms with Gasteiger partial charge in [0.05, 0.1) is 6.61 Å². The second-order valence-electron chi connectivity index (χ2n) is 4.13. The van der Waals surface area contributed by atoms with E-state index in [1.807, 2.05) is 0 Å². The fraction of sp³-hybridized carbons (Fsp3) is 0.538. The quantitative estimate of drug-likeness (QED) is 0.765. The van der Waals surface area contributed by atoms with Gasteiger partial charge in [0.2, 0.25) is 0 Å². The molecule has 1 aliphatic rings. The highest BCUT2D eigenvalue weighted by Crippen LogP contribution is 2.25. The summed E-state index contributed by atoms with van der Waals surface area (Å²) in [6.07, 6.45) is 6.03.